The molecule has 0 bridgehead atoms. The van der Waals surface area contributed by atoms with E-state index in [1.165, 1.54) is 0 Å². The van der Waals surface area contributed by atoms with Crippen molar-refractivity contribution in [1.29, 1.82) is 0 Å². The monoisotopic (exact) mass is 270 g/mol. The van der Waals surface area contributed by atoms with Gasteiger partial charge in [-0.3, -0.25) is 4.79 Å². The first-order chi connectivity index (χ1) is 9.10. The molecule has 2 aliphatic heterocycles. The van der Waals surface area contributed by atoms with E-state index in [1.807, 2.05) is 4.90 Å². The normalized spacial score (nSPS) is 24.8. The maximum atomic E-state index is 12.3. The van der Waals surface area contributed by atoms with Gasteiger partial charge in [0.2, 0.25) is 0 Å². The number of hydrogen-bond donors (Lipinski definition) is 2. The molecule has 0 aromatic heterocycles. The Morgan fingerprint density at radius 3 is 2.16 bits per heavy atom. The number of rotatable bonds is 3. The van der Waals surface area contributed by atoms with Gasteiger partial charge in [-0.05, 0) is 31.1 Å². The van der Waals surface area contributed by atoms with E-state index in [0.717, 1.165) is 19.3 Å². The summed E-state index contributed by atoms with van der Waals surface area (Å²) in [5, 5.41) is 17.8. The highest BCUT2D eigenvalue weighted by Crippen LogP contribution is 2.23. The van der Waals surface area contributed by atoms with Gasteiger partial charge in [0.1, 0.15) is 0 Å². The van der Waals surface area contributed by atoms with E-state index in [9.17, 15) is 9.59 Å². The molecule has 0 aliphatic carbocycles. The smallest absolute Gasteiger partial charge is 0.320 e. The van der Waals surface area contributed by atoms with E-state index in [1.54, 1.807) is 4.90 Å². The van der Waals surface area contributed by atoms with E-state index in [4.69, 9.17) is 10.2 Å². The fraction of sp³-hybridized carbons (Fsp3) is 0.846. The third-order valence-electron chi connectivity index (χ3n) is 4.16. The first kappa shape index (κ1) is 14.1. The second kappa shape index (κ2) is 6.23. The number of aliphatic carboxylic acids is 1. The Morgan fingerprint density at radius 1 is 1.00 bits per heavy atom. The Bertz CT molecular complexity index is 340. The zero-order valence-corrected chi connectivity index (χ0v) is 11.1. The number of aliphatic hydroxyl groups is 1. The molecule has 6 heteroatoms. The molecular weight excluding hydrogens is 248 g/mol. The summed E-state index contributed by atoms with van der Waals surface area (Å²) in [5.41, 5.74) is 0. The van der Waals surface area contributed by atoms with Gasteiger partial charge < -0.3 is 20.0 Å². The highest BCUT2D eigenvalue weighted by Gasteiger charge is 2.31. The van der Waals surface area contributed by atoms with Crippen LogP contribution in [0.5, 0.6) is 0 Å². The van der Waals surface area contributed by atoms with Crippen molar-refractivity contribution in [3.8, 4) is 0 Å². The molecule has 6 nitrogen and oxygen atoms in total. The van der Waals surface area contributed by atoms with Gasteiger partial charge >= 0.3 is 12.0 Å². The molecule has 0 aromatic carbocycles. The number of likely N-dealkylation sites (tertiary alicyclic amines) is 2. The maximum absolute atomic E-state index is 12.3. The summed E-state index contributed by atoms with van der Waals surface area (Å²) in [6, 6.07) is 0.0317. The average Bonchev–Trinajstić information content (AvgIpc) is 2.85. The van der Waals surface area contributed by atoms with Crippen LogP contribution in [-0.2, 0) is 4.79 Å². The number of hydrogen-bond acceptors (Lipinski definition) is 3. The molecule has 2 saturated heterocycles. The molecule has 0 aromatic rings. The van der Waals surface area contributed by atoms with E-state index in [-0.39, 0.29) is 25.0 Å². The van der Waals surface area contributed by atoms with Gasteiger partial charge in [-0.15, -0.1) is 0 Å². The molecule has 0 saturated carbocycles. The van der Waals surface area contributed by atoms with Crippen LogP contribution < -0.4 is 0 Å². The van der Waals surface area contributed by atoms with Crippen molar-refractivity contribution in [3.05, 3.63) is 0 Å². The Morgan fingerprint density at radius 2 is 1.58 bits per heavy atom. The topological polar surface area (TPSA) is 81.1 Å². The Hall–Kier alpha value is -1.30. The number of carbonyl (C=O) groups is 2. The molecule has 2 heterocycles. The largest absolute Gasteiger partial charge is 0.481 e. The van der Waals surface area contributed by atoms with Gasteiger partial charge in [-0.2, -0.15) is 0 Å². The van der Waals surface area contributed by atoms with Crippen LogP contribution in [0, 0.1) is 11.8 Å². The van der Waals surface area contributed by atoms with Crippen LogP contribution in [-0.4, -0.2) is 64.8 Å². The summed E-state index contributed by atoms with van der Waals surface area (Å²) >= 11 is 0. The molecule has 108 valence electrons. The number of urea groups is 1. The first-order valence-corrected chi connectivity index (χ1v) is 6.96. The van der Waals surface area contributed by atoms with E-state index < -0.39 is 5.97 Å². The molecule has 0 spiro atoms. The Labute approximate surface area is 113 Å². The lowest BCUT2D eigenvalue weighted by Crippen LogP contribution is -2.46. The highest BCUT2D eigenvalue weighted by atomic mass is 16.4. The summed E-state index contributed by atoms with van der Waals surface area (Å²) in [7, 11) is 0. The van der Waals surface area contributed by atoms with Crippen molar-refractivity contribution < 1.29 is 19.8 Å². The number of amides is 2. The Balaban J connectivity index is 1.80. The van der Waals surface area contributed by atoms with Crippen molar-refractivity contribution in [3.63, 3.8) is 0 Å². The quantitative estimate of drug-likeness (QED) is 0.787. The SMILES string of the molecule is O=C(O)CC1CCN(C(=O)N2CCC(CO)CC2)C1. The molecule has 2 amide bonds. The van der Waals surface area contributed by atoms with Crippen LogP contribution in [0.2, 0.25) is 0 Å². The van der Waals surface area contributed by atoms with Crippen LogP contribution in [0.3, 0.4) is 0 Å². The third-order valence-corrected chi connectivity index (χ3v) is 4.16. The first-order valence-electron chi connectivity index (χ1n) is 6.96. The lowest BCUT2D eigenvalue weighted by atomic mass is 9.98. The summed E-state index contributed by atoms with van der Waals surface area (Å²) in [4.78, 5) is 26.5. The summed E-state index contributed by atoms with van der Waals surface area (Å²) < 4.78 is 0. The molecule has 2 rings (SSSR count). The summed E-state index contributed by atoms with van der Waals surface area (Å²) in [6.45, 7) is 2.82. The standard InChI is InChI=1S/C13H22N2O4/c16-9-10-1-4-14(5-2-10)13(19)15-6-3-11(8-15)7-12(17)18/h10-11,16H,1-9H2,(H,17,18). The van der Waals surface area contributed by atoms with Crippen LogP contribution in [0.1, 0.15) is 25.7 Å². The van der Waals surface area contributed by atoms with Crippen LogP contribution in [0.4, 0.5) is 4.79 Å². The second-order valence-electron chi connectivity index (χ2n) is 5.59. The van der Waals surface area contributed by atoms with Gasteiger partial charge in [-0.25, -0.2) is 4.79 Å². The number of carboxylic acids is 1. The molecule has 2 N–H and O–H groups in total. The second-order valence-corrected chi connectivity index (χ2v) is 5.59. The van der Waals surface area contributed by atoms with Crippen molar-refractivity contribution in [2.45, 2.75) is 25.7 Å². The highest BCUT2D eigenvalue weighted by molar-refractivity contribution is 5.75. The minimum atomic E-state index is -0.789. The third kappa shape index (κ3) is 3.59. The van der Waals surface area contributed by atoms with E-state index in [0.29, 0.717) is 32.1 Å². The molecule has 19 heavy (non-hydrogen) atoms. The fourth-order valence-corrected chi connectivity index (χ4v) is 2.93. The fourth-order valence-electron chi connectivity index (χ4n) is 2.93. The zero-order valence-electron chi connectivity index (χ0n) is 11.1. The van der Waals surface area contributed by atoms with Crippen molar-refractivity contribution in [2.24, 2.45) is 11.8 Å². The number of nitrogens with zero attached hydrogens (tertiary/aromatic N) is 2. The summed E-state index contributed by atoms with van der Waals surface area (Å²) in [6.07, 6.45) is 2.64. The van der Waals surface area contributed by atoms with Crippen LogP contribution in [0.15, 0.2) is 0 Å². The number of carboxylic acid groups (broad SMARTS) is 1. The molecular formula is C13H22N2O4. The van der Waals surface area contributed by atoms with Crippen molar-refractivity contribution >= 4 is 12.0 Å². The van der Waals surface area contributed by atoms with Gasteiger partial charge in [0.05, 0.1) is 0 Å². The van der Waals surface area contributed by atoms with Gasteiger partial charge in [0, 0.05) is 39.2 Å². The van der Waals surface area contributed by atoms with E-state index in [2.05, 4.69) is 0 Å². The zero-order chi connectivity index (χ0) is 13.8. The average molecular weight is 270 g/mol. The molecule has 2 aliphatic rings. The Kier molecular flexibility index (Phi) is 4.63. The van der Waals surface area contributed by atoms with Gasteiger partial charge in [-0.1, -0.05) is 0 Å². The van der Waals surface area contributed by atoms with Crippen molar-refractivity contribution in [1.82, 2.24) is 9.80 Å². The minimum Gasteiger partial charge on any atom is -0.481 e. The number of piperidine rings is 1. The predicted octanol–water partition coefficient (Wildman–Crippen LogP) is 0.607. The molecule has 0 radical (unpaired) electrons. The van der Waals surface area contributed by atoms with E-state index >= 15 is 0 Å². The molecule has 2 fully saturated rings. The van der Waals surface area contributed by atoms with Crippen molar-refractivity contribution in [2.75, 3.05) is 32.8 Å². The minimum absolute atomic E-state index is 0.0317. The summed E-state index contributed by atoms with van der Waals surface area (Å²) in [5.74, 6) is -0.373. The molecule has 1 atom stereocenters. The predicted molar refractivity (Wildman–Crippen MR) is 68.7 cm³/mol. The molecule has 1 unspecified atom stereocenters. The van der Waals surface area contributed by atoms with Gasteiger partial charge in [0.25, 0.3) is 0 Å². The number of carbonyl (C=O) groups excluding carboxylic acids is 1. The lowest BCUT2D eigenvalue weighted by Gasteiger charge is -2.34. The van der Waals surface area contributed by atoms with Crippen LogP contribution in [0.25, 0.3) is 0 Å². The number of aliphatic hydroxyl groups excluding tert-OH is 1. The van der Waals surface area contributed by atoms with Gasteiger partial charge in [0.15, 0.2) is 0 Å². The van der Waals surface area contributed by atoms with Crippen LogP contribution >= 0.6 is 0 Å². The maximum Gasteiger partial charge on any atom is 0.320 e. The lowest BCUT2D eigenvalue weighted by molar-refractivity contribution is -0.138.